The molecule has 0 saturated heterocycles. The van der Waals surface area contributed by atoms with E-state index >= 15 is 0 Å². The van der Waals surface area contributed by atoms with E-state index in [4.69, 9.17) is 4.74 Å². The van der Waals surface area contributed by atoms with Crippen LogP contribution >= 0.6 is 11.3 Å². The van der Waals surface area contributed by atoms with Gasteiger partial charge in [-0.25, -0.2) is 18.6 Å². The van der Waals surface area contributed by atoms with E-state index in [1.165, 1.54) is 24.5 Å². The van der Waals surface area contributed by atoms with Crippen LogP contribution in [0.25, 0.3) is 10.4 Å². The number of esters is 1. The van der Waals surface area contributed by atoms with Gasteiger partial charge in [-0.1, -0.05) is 31.4 Å². The molecule has 33 heavy (non-hydrogen) atoms. The third-order valence-corrected chi connectivity index (χ3v) is 7.05. The molecule has 1 heterocycles. The Morgan fingerprint density at radius 1 is 0.970 bits per heavy atom. The number of carbonyl (C=O) groups excluding carboxylic acids is 2. The molecule has 2 N–H and O–H groups in total. The quantitative estimate of drug-likeness (QED) is 0.440. The summed E-state index contributed by atoms with van der Waals surface area (Å²) in [7, 11) is 1.42. The predicted molar refractivity (Wildman–Crippen MR) is 123 cm³/mol. The van der Waals surface area contributed by atoms with Crippen molar-refractivity contribution in [2.24, 2.45) is 0 Å². The first-order valence-electron chi connectivity index (χ1n) is 10.6. The lowest BCUT2D eigenvalue weighted by molar-refractivity contribution is -0.149. The van der Waals surface area contributed by atoms with Crippen LogP contribution in [0.5, 0.6) is 0 Å². The van der Waals surface area contributed by atoms with Crippen LogP contribution in [-0.2, 0) is 14.9 Å². The van der Waals surface area contributed by atoms with Gasteiger partial charge in [0.2, 0.25) is 0 Å². The normalized spacial score (nSPS) is 15.0. The average molecular weight is 472 g/mol. The Morgan fingerprint density at radius 2 is 1.64 bits per heavy atom. The molecule has 0 atom stereocenters. The number of benzene rings is 2. The number of nitrogens with one attached hydrogen (secondary N) is 2. The Labute approximate surface area is 194 Å². The largest absolute Gasteiger partial charge is 0.468 e. The summed E-state index contributed by atoms with van der Waals surface area (Å²) in [5, 5.41) is 5.88. The van der Waals surface area contributed by atoms with Crippen LogP contribution < -0.4 is 10.6 Å². The van der Waals surface area contributed by atoms with Crippen molar-refractivity contribution in [3.8, 4) is 10.4 Å². The monoisotopic (exact) mass is 471 g/mol. The summed E-state index contributed by atoms with van der Waals surface area (Å²) < 4.78 is 31.4. The zero-order valence-electron chi connectivity index (χ0n) is 18.0. The number of methoxy groups -OCH3 is 1. The molecule has 172 valence electrons. The van der Waals surface area contributed by atoms with Crippen molar-refractivity contribution in [3.05, 3.63) is 65.3 Å². The van der Waals surface area contributed by atoms with Crippen LogP contribution in [0.4, 0.5) is 25.0 Å². The van der Waals surface area contributed by atoms with E-state index in [1.807, 2.05) is 12.1 Å². The number of aromatic nitrogens is 1. The van der Waals surface area contributed by atoms with Crippen molar-refractivity contribution < 1.29 is 23.1 Å². The van der Waals surface area contributed by atoms with Crippen molar-refractivity contribution >= 4 is 34.7 Å². The smallest absolute Gasteiger partial charge is 0.323 e. The molecule has 1 aliphatic rings. The Balaban J connectivity index is 1.45. The SMILES string of the molecule is COC(=O)C1(c2ncc(-c3ccc(NC(=O)Nc4ccc(F)c(F)c4)cc3)s2)CCCCC1. The minimum atomic E-state index is -1.04. The number of carbonyl (C=O) groups is 2. The van der Waals surface area contributed by atoms with Gasteiger partial charge in [-0.3, -0.25) is 4.79 Å². The van der Waals surface area contributed by atoms with Gasteiger partial charge >= 0.3 is 12.0 Å². The number of rotatable bonds is 5. The number of amides is 2. The minimum absolute atomic E-state index is 0.141. The van der Waals surface area contributed by atoms with Crippen LogP contribution in [0.15, 0.2) is 48.7 Å². The Kier molecular flexibility index (Phi) is 6.69. The number of thiazole rings is 1. The maximum absolute atomic E-state index is 13.3. The third-order valence-electron chi connectivity index (χ3n) is 5.80. The molecule has 0 unspecified atom stereocenters. The van der Waals surface area contributed by atoms with E-state index in [0.29, 0.717) is 5.69 Å². The molecule has 4 rings (SSSR count). The summed E-state index contributed by atoms with van der Waals surface area (Å²) in [4.78, 5) is 30.2. The van der Waals surface area contributed by atoms with Gasteiger partial charge in [-0.15, -0.1) is 11.3 Å². The summed E-state index contributed by atoms with van der Waals surface area (Å²) in [6.45, 7) is 0. The fourth-order valence-corrected chi connectivity index (χ4v) is 5.23. The Hall–Kier alpha value is -3.33. The molecule has 0 aliphatic heterocycles. The highest BCUT2D eigenvalue weighted by molar-refractivity contribution is 7.15. The van der Waals surface area contributed by atoms with E-state index in [9.17, 15) is 18.4 Å². The highest BCUT2D eigenvalue weighted by Gasteiger charge is 2.44. The molecule has 1 fully saturated rings. The topological polar surface area (TPSA) is 80.3 Å². The minimum Gasteiger partial charge on any atom is -0.468 e. The second-order valence-electron chi connectivity index (χ2n) is 7.95. The maximum Gasteiger partial charge on any atom is 0.323 e. The van der Waals surface area contributed by atoms with Gasteiger partial charge < -0.3 is 15.4 Å². The molecule has 2 aromatic carbocycles. The van der Waals surface area contributed by atoms with E-state index in [2.05, 4.69) is 15.6 Å². The first-order chi connectivity index (χ1) is 15.9. The highest BCUT2D eigenvalue weighted by atomic mass is 32.1. The molecule has 2 amide bonds. The second kappa shape index (κ2) is 9.66. The number of halogens is 2. The standard InChI is InChI=1S/C24H23F2N3O3S/c1-32-22(30)24(11-3-2-4-12-24)21-27-14-20(33-21)15-5-7-16(8-6-15)28-23(31)29-17-9-10-18(25)19(26)13-17/h5-10,13-14H,2-4,11-12H2,1H3,(H2,28,29,31). The van der Waals surface area contributed by atoms with Gasteiger partial charge in [-0.05, 0) is 42.7 Å². The predicted octanol–water partition coefficient (Wildman–Crippen LogP) is 6.11. The third kappa shape index (κ3) is 4.88. The molecule has 1 aromatic heterocycles. The van der Waals surface area contributed by atoms with Crippen LogP contribution in [-0.4, -0.2) is 24.1 Å². The van der Waals surface area contributed by atoms with Crippen molar-refractivity contribution in [1.29, 1.82) is 0 Å². The van der Waals surface area contributed by atoms with Crippen molar-refractivity contribution in [2.75, 3.05) is 17.7 Å². The lowest BCUT2D eigenvalue weighted by atomic mass is 9.74. The maximum atomic E-state index is 13.3. The number of anilines is 2. The number of hydrogen-bond acceptors (Lipinski definition) is 5. The summed E-state index contributed by atoms with van der Waals surface area (Å²) in [6.07, 6.45) is 6.28. The molecule has 0 radical (unpaired) electrons. The zero-order valence-corrected chi connectivity index (χ0v) is 18.8. The van der Waals surface area contributed by atoms with Crippen LogP contribution in [0.1, 0.15) is 37.1 Å². The van der Waals surface area contributed by atoms with E-state index < -0.39 is 23.1 Å². The number of hydrogen-bond donors (Lipinski definition) is 2. The summed E-state index contributed by atoms with van der Waals surface area (Å²) in [5.41, 5.74) is 0.903. The summed E-state index contributed by atoms with van der Waals surface area (Å²) in [5.74, 6) is -2.25. The van der Waals surface area contributed by atoms with Crippen molar-refractivity contribution in [1.82, 2.24) is 4.98 Å². The van der Waals surface area contributed by atoms with Crippen molar-refractivity contribution in [2.45, 2.75) is 37.5 Å². The second-order valence-corrected chi connectivity index (χ2v) is 8.98. The van der Waals surface area contributed by atoms with Crippen LogP contribution in [0.3, 0.4) is 0 Å². The van der Waals surface area contributed by atoms with Crippen LogP contribution in [0.2, 0.25) is 0 Å². The molecule has 9 heteroatoms. The average Bonchev–Trinajstić information content (AvgIpc) is 3.33. The molecular weight excluding hydrogens is 448 g/mol. The van der Waals surface area contributed by atoms with Gasteiger partial charge in [-0.2, -0.15) is 0 Å². The Morgan fingerprint density at radius 3 is 2.30 bits per heavy atom. The first-order valence-corrected chi connectivity index (χ1v) is 11.4. The molecule has 1 saturated carbocycles. The fourth-order valence-electron chi connectivity index (χ4n) is 4.07. The Bertz CT molecular complexity index is 1160. The number of nitrogens with zero attached hydrogens (tertiary/aromatic N) is 1. The lowest BCUT2D eigenvalue weighted by Gasteiger charge is -2.32. The first kappa shape index (κ1) is 22.8. The summed E-state index contributed by atoms with van der Waals surface area (Å²) in [6, 6.07) is 9.70. The zero-order chi connectivity index (χ0) is 23.4. The van der Waals surface area contributed by atoms with E-state index in [1.54, 1.807) is 18.3 Å². The molecule has 1 aliphatic carbocycles. The molecule has 6 nitrogen and oxygen atoms in total. The van der Waals surface area contributed by atoms with Crippen molar-refractivity contribution in [3.63, 3.8) is 0 Å². The number of ether oxygens (including phenoxy) is 1. The molecule has 0 spiro atoms. The van der Waals surface area contributed by atoms with Gasteiger partial charge in [0.15, 0.2) is 11.6 Å². The van der Waals surface area contributed by atoms with Gasteiger partial charge in [0.05, 0.1) is 12.0 Å². The number of urea groups is 1. The lowest BCUT2D eigenvalue weighted by Crippen LogP contribution is -2.38. The van der Waals surface area contributed by atoms with Gasteiger partial charge in [0, 0.05) is 23.6 Å². The molecule has 3 aromatic rings. The van der Waals surface area contributed by atoms with Gasteiger partial charge in [0.1, 0.15) is 10.4 Å². The van der Waals surface area contributed by atoms with Crippen LogP contribution in [0, 0.1) is 11.6 Å². The van der Waals surface area contributed by atoms with E-state index in [-0.39, 0.29) is 11.7 Å². The highest BCUT2D eigenvalue weighted by Crippen LogP contribution is 2.43. The van der Waals surface area contributed by atoms with Gasteiger partial charge in [0.25, 0.3) is 0 Å². The fraction of sp³-hybridized carbons (Fsp3) is 0.292. The summed E-state index contributed by atoms with van der Waals surface area (Å²) >= 11 is 1.48. The molecular formula is C24H23F2N3O3S. The van der Waals surface area contributed by atoms with E-state index in [0.717, 1.165) is 59.7 Å². The molecule has 0 bridgehead atoms.